The van der Waals surface area contributed by atoms with E-state index in [1.807, 2.05) is 18.7 Å². The summed E-state index contributed by atoms with van der Waals surface area (Å²) in [6.07, 6.45) is 0.153. The average molecular weight is 217 g/mol. The molecule has 1 aliphatic rings. The molecule has 1 unspecified atom stereocenters. The topological polar surface area (TPSA) is 59.0 Å². The van der Waals surface area contributed by atoms with Crippen molar-refractivity contribution in [2.45, 2.75) is 32.1 Å². The lowest BCUT2D eigenvalue weighted by Gasteiger charge is -2.38. The van der Waals surface area contributed by atoms with E-state index in [9.17, 15) is 4.79 Å². The molecular formula is C10H19NO4. The highest BCUT2D eigenvalue weighted by atomic mass is 16.5. The van der Waals surface area contributed by atoms with Crippen molar-refractivity contribution < 1.29 is 19.4 Å². The molecule has 1 heterocycles. The second kappa shape index (κ2) is 5.44. The maximum absolute atomic E-state index is 11.0. The number of morpholine rings is 1. The fraction of sp³-hybridized carbons (Fsp3) is 0.900. The Hall–Kier alpha value is -0.650. The highest BCUT2D eigenvalue weighted by Crippen LogP contribution is 2.14. The van der Waals surface area contributed by atoms with Gasteiger partial charge in [0, 0.05) is 20.2 Å². The fourth-order valence-corrected chi connectivity index (χ4v) is 1.96. The van der Waals surface area contributed by atoms with Gasteiger partial charge in [0.1, 0.15) is 6.04 Å². The first-order chi connectivity index (χ1) is 7.04. The maximum atomic E-state index is 11.0. The van der Waals surface area contributed by atoms with Gasteiger partial charge in [0.25, 0.3) is 0 Å². The van der Waals surface area contributed by atoms with Crippen LogP contribution in [0.4, 0.5) is 0 Å². The second-order valence-corrected chi connectivity index (χ2v) is 4.02. The van der Waals surface area contributed by atoms with Crippen molar-refractivity contribution in [3.8, 4) is 0 Å². The van der Waals surface area contributed by atoms with Crippen molar-refractivity contribution in [2.75, 3.05) is 26.8 Å². The van der Waals surface area contributed by atoms with Crippen LogP contribution >= 0.6 is 0 Å². The van der Waals surface area contributed by atoms with E-state index in [1.54, 1.807) is 0 Å². The highest BCUT2D eigenvalue weighted by Gasteiger charge is 2.31. The highest BCUT2D eigenvalue weighted by molar-refractivity contribution is 5.73. The molecule has 0 aromatic carbocycles. The summed E-state index contributed by atoms with van der Waals surface area (Å²) in [7, 11) is 1.52. The van der Waals surface area contributed by atoms with Crippen LogP contribution in [0.2, 0.25) is 0 Å². The summed E-state index contributed by atoms with van der Waals surface area (Å²) < 4.78 is 10.5. The number of rotatable bonds is 4. The number of carbonyl (C=O) groups is 1. The summed E-state index contributed by atoms with van der Waals surface area (Å²) >= 11 is 0. The predicted octanol–water partition coefficient (Wildman–Crippen LogP) is 0.195. The summed E-state index contributed by atoms with van der Waals surface area (Å²) in [5.41, 5.74) is 0. The molecule has 0 aromatic rings. The van der Waals surface area contributed by atoms with Crippen molar-refractivity contribution in [3.63, 3.8) is 0 Å². The number of hydrogen-bond acceptors (Lipinski definition) is 4. The minimum Gasteiger partial charge on any atom is -0.480 e. The van der Waals surface area contributed by atoms with E-state index < -0.39 is 12.0 Å². The molecule has 5 heteroatoms. The molecule has 0 aliphatic carbocycles. The van der Waals surface area contributed by atoms with Crippen LogP contribution in [0.25, 0.3) is 0 Å². The summed E-state index contributed by atoms with van der Waals surface area (Å²) in [5, 5.41) is 9.07. The molecule has 1 rings (SSSR count). The van der Waals surface area contributed by atoms with Gasteiger partial charge in [-0.05, 0) is 13.8 Å². The molecule has 3 atom stereocenters. The molecular weight excluding hydrogens is 198 g/mol. The Labute approximate surface area is 90.0 Å². The molecule has 15 heavy (non-hydrogen) atoms. The Morgan fingerprint density at radius 1 is 1.53 bits per heavy atom. The normalized spacial score (nSPS) is 30.1. The van der Waals surface area contributed by atoms with Gasteiger partial charge in [-0.2, -0.15) is 0 Å². The van der Waals surface area contributed by atoms with Crippen molar-refractivity contribution in [1.82, 2.24) is 4.90 Å². The van der Waals surface area contributed by atoms with E-state index in [1.165, 1.54) is 7.11 Å². The first-order valence-electron chi connectivity index (χ1n) is 5.15. The summed E-state index contributed by atoms with van der Waals surface area (Å²) in [5.74, 6) is -0.835. The van der Waals surface area contributed by atoms with Gasteiger partial charge in [0.05, 0.1) is 18.8 Å². The van der Waals surface area contributed by atoms with Crippen LogP contribution in [0.3, 0.4) is 0 Å². The smallest absolute Gasteiger partial charge is 0.323 e. The number of ether oxygens (including phenoxy) is 2. The Bertz CT molecular complexity index is 211. The third-order valence-electron chi connectivity index (χ3n) is 2.50. The number of aliphatic carboxylic acids is 1. The third kappa shape index (κ3) is 3.44. The Morgan fingerprint density at radius 2 is 2.07 bits per heavy atom. The molecule has 0 bridgehead atoms. The van der Waals surface area contributed by atoms with E-state index in [4.69, 9.17) is 14.6 Å². The lowest BCUT2D eigenvalue weighted by atomic mass is 10.1. The Morgan fingerprint density at radius 3 is 2.47 bits per heavy atom. The van der Waals surface area contributed by atoms with Crippen molar-refractivity contribution >= 4 is 5.97 Å². The first-order valence-corrected chi connectivity index (χ1v) is 5.15. The lowest BCUT2D eigenvalue weighted by Crippen LogP contribution is -2.54. The van der Waals surface area contributed by atoms with Gasteiger partial charge in [-0.25, -0.2) is 0 Å². The van der Waals surface area contributed by atoms with Crippen LogP contribution in [-0.2, 0) is 14.3 Å². The number of carboxylic acid groups (broad SMARTS) is 1. The van der Waals surface area contributed by atoms with Gasteiger partial charge in [-0.3, -0.25) is 9.69 Å². The molecule has 0 amide bonds. The van der Waals surface area contributed by atoms with E-state index in [0.717, 1.165) is 0 Å². The van der Waals surface area contributed by atoms with Gasteiger partial charge in [-0.1, -0.05) is 0 Å². The van der Waals surface area contributed by atoms with E-state index in [-0.39, 0.29) is 18.8 Å². The second-order valence-electron chi connectivity index (χ2n) is 4.02. The Kier molecular flexibility index (Phi) is 4.50. The van der Waals surface area contributed by atoms with Crippen LogP contribution in [0.5, 0.6) is 0 Å². The van der Waals surface area contributed by atoms with Gasteiger partial charge in [-0.15, -0.1) is 0 Å². The van der Waals surface area contributed by atoms with Gasteiger partial charge < -0.3 is 14.6 Å². The number of hydrogen-bond donors (Lipinski definition) is 1. The molecule has 1 N–H and O–H groups in total. The lowest BCUT2D eigenvalue weighted by molar-refractivity contribution is -0.151. The number of nitrogens with zero attached hydrogens (tertiary/aromatic N) is 1. The van der Waals surface area contributed by atoms with Gasteiger partial charge in [0.15, 0.2) is 0 Å². The molecule has 0 aromatic heterocycles. The molecule has 88 valence electrons. The zero-order valence-corrected chi connectivity index (χ0v) is 9.47. The molecule has 0 radical (unpaired) electrons. The SMILES string of the molecule is COCC(C(=O)O)N1C[C@@H](C)O[C@@H](C)C1. The van der Waals surface area contributed by atoms with Crippen molar-refractivity contribution in [3.05, 3.63) is 0 Å². The van der Waals surface area contributed by atoms with E-state index in [2.05, 4.69) is 0 Å². The molecule has 5 nitrogen and oxygen atoms in total. The first kappa shape index (κ1) is 12.4. The molecule has 1 fully saturated rings. The van der Waals surface area contributed by atoms with Crippen LogP contribution in [0.1, 0.15) is 13.8 Å². The molecule has 1 aliphatic heterocycles. The largest absolute Gasteiger partial charge is 0.480 e. The quantitative estimate of drug-likeness (QED) is 0.728. The van der Waals surface area contributed by atoms with Crippen LogP contribution < -0.4 is 0 Å². The molecule has 0 saturated carbocycles. The predicted molar refractivity (Wildman–Crippen MR) is 54.9 cm³/mol. The molecule has 0 spiro atoms. The maximum Gasteiger partial charge on any atom is 0.323 e. The fourth-order valence-electron chi connectivity index (χ4n) is 1.96. The van der Waals surface area contributed by atoms with Crippen LogP contribution in [-0.4, -0.2) is 61.0 Å². The van der Waals surface area contributed by atoms with Crippen LogP contribution in [0.15, 0.2) is 0 Å². The van der Waals surface area contributed by atoms with Crippen LogP contribution in [0, 0.1) is 0 Å². The van der Waals surface area contributed by atoms with Gasteiger partial charge in [0.2, 0.25) is 0 Å². The van der Waals surface area contributed by atoms with Crippen molar-refractivity contribution in [2.24, 2.45) is 0 Å². The summed E-state index contributed by atoms with van der Waals surface area (Å²) in [6, 6.07) is -0.566. The van der Waals surface area contributed by atoms with E-state index >= 15 is 0 Å². The number of carboxylic acids is 1. The monoisotopic (exact) mass is 217 g/mol. The zero-order valence-electron chi connectivity index (χ0n) is 9.47. The third-order valence-corrected chi connectivity index (χ3v) is 2.50. The summed E-state index contributed by atoms with van der Waals surface area (Å²) in [4.78, 5) is 12.9. The minimum absolute atomic E-state index is 0.0763. The summed E-state index contributed by atoms with van der Waals surface area (Å²) in [6.45, 7) is 5.41. The Balaban J connectivity index is 2.61. The standard InChI is InChI=1S/C10H19NO4/c1-7-4-11(5-8(2)15-7)9(6-14-3)10(12)13/h7-9H,4-6H2,1-3H3,(H,12,13)/t7-,8+,9?. The van der Waals surface area contributed by atoms with Gasteiger partial charge >= 0.3 is 5.97 Å². The van der Waals surface area contributed by atoms with Crippen molar-refractivity contribution in [1.29, 1.82) is 0 Å². The minimum atomic E-state index is -0.835. The molecule has 1 saturated heterocycles. The van der Waals surface area contributed by atoms with E-state index in [0.29, 0.717) is 13.1 Å². The number of methoxy groups -OCH3 is 1. The average Bonchev–Trinajstić information content (AvgIpc) is 2.11. The zero-order chi connectivity index (χ0) is 11.4.